The highest BCUT2D eigenvalue weighted by molar-refractivity contribution is 5.74. The van der Waals surface area contributed by atoms with E-state index in [1.165, 1.54) is 12.0 Å². The lowest BCUT2D eigenvalue weighted by molar-refractivity contribution is 0.658. The highest BCUT2D eigenvalue weighted by Gasteiger charge is 2.02. The fourth-order valence-electron chi connectivity index (χ4n) is 2.41. The third-order valence-corrected chi connectivity index (χ3v) is 3.35. The summed E-state index contributed by atoms with van der Waals surface area (Å²) >= 11 is 0. The molecule has 0 aliphatic carbocycles. The largest absolute Gasteiger partial charge is 0.354 e. The molecule has 0 aliphatic heterocycles. The standard InChI is InChI=1S/C16H20N4/c1-2-8-20-9-7-13(12-20)10-17-11-16-18-14-5-3-4-6-15(14)19-16/h3-7,9,12,17H,2,8,10-11H2,1H3,(H,18,19). The van der Waals surface area contributed by atoms with Gasteiger partial charge < -0.3 is 14.9 Å². The van der Waals surface area contributed by atoms with Crippen LogP contribution in [0.1, 0.15) is 24.7 Å². The molecule has 2 heterocycles. The Morgan fingerprint density at radius 1 is 1.20 bits per heavy atom. The number of rotatable bonds is 6. The quantitative estimate of drug-likeness (QED) is 0.721. The molecule has 0 amide bonds. The van der Waals surface area contributed by atoms with Crippen LogP contribution in [-0.2, 0) is 19.6 Å². The van der Waals surface area contributed by atoms with Crippen molar-refractivity contribution in [2.45, 2.75) is 33.0 Å². The zero-order valence-corrected chi connectivity index (χ0v) is 11.8. The smallest absolute Gasteiger partial charge is 0.121 e. The number of H-pyrrole nitrogens is 1. The molecule has 0 fully saturated rings. The van der Waals surface area contributed by atoms with E-state index in [-0.39, 0.29) is 0 Å². The summed E-state index contributed by atoms with van der Waals surface area (Å²) < 4.78 is 2.23. The number of fused-ring (bicyclic) bond motifs is 1. The number of hydrogen-bond donors (Lipinski definition) is 2. The second kappa shape index (κ2) is 5.92. The van der Waals surface area contributed by atoms with Gasteiger partial charge in [-0.25, -0.2) is 4.98 Å². The summed E-state index contributed by atoms with van der Waals surface area (Å²) in [7, 11) is 0. The lowest BCUT2D eigenvalue weighted by atomic mass is 10.3. The summed E-state index contributed by atoms with van der Waals surface area (Å²) in [6.45, 7) is 4.91. The molecule has 0 aliphatic rings. The molecule has 0 radical (unpaired) electrons. The highest BCUT2D eigenvalue weighted by atomic mass is 15.0. The van der Waals surface area contributed by atoms with Gasteiger partial charge >= 0.3 is 0 Å². The summed E-state index contributed by atoms with van der Waals surface area (Å²) in [4.78, 5) is 7.88. The molecule has 4 heteroatoms. The summed E-state index contributed by atoms with van der Waals surface area (Å²) in [5.41, 5.74) is 3.44. The van der Waals surface area contributed by atoms with E-state index >= 15 is 0 Å². The fourth-order valence-corrected chi connectivity index (χ4v) is 2.41. The number of aromatic amines is 1. The Kier molecular flexibility index (Phi) is 3.83. The van der Waals surface area contributed by atoms with Crippen molar-refractivity contribution in [1.82, 2.24) is 19.9 Å². The summed E-state index contributed by atoms with van der Waals surface area (Å²) in [6, 6.07) is 10.3. The van der Waals surface area contributed by atoms with Crippen molar-refractivity contribution in [3.05, 3.63) is 54.1 Å². The number of imidazole rings is 1. The van der Waals surface area contributed by atoms with Crippen LogP contribution in [0.2, 0.25) is 0 Å². The van der Waals surface area contributed by atoms with Crippen LogP contribution in [0.15, 0.2) is 42.7 Å². The molecule has 4 nitrogen and oxygen atoms in total. The Morgan fingerprint density at radius 3 is 2.95 bits per heavy atom. The van der Waals surface area contributed by atoms with Gasteiger partial charge in [0.1, 0.15) is 5.82 Å². The maximum atomic E-state index is 4.56. The van der Waals surface area contributed by atoms with E-state index in [9.17, 15) is 0 Å². The maximum Gasteiger partial charge on any atom is 0.121 e. The number of nitrogens with one attached hydrogen (secondary N) is 2. The van der Waals surface area contributed by atoms with Crippen molar-refractivity contribution in [1.29, 1.82) is 0 Å². The maximum absolute atomic E-state index is 4.56. The molecular formula is C16H20N4. The molecule has 0 saturated heterocycles. The van der Waals surface area contributed by atoms with Gasteiger partial charge in [-0.05, 0) is 30.2 Å². The lowest BCUT2D eigenvalue weighted by Gasteiger charge is -2.01. The van der Waals surface area contributed by atoms with Crippen LogP contribution in [0.3, 0.4) is 0 Å². The number of para-hydroxylation sites is 2. The Hall–Kier alpha value is -2.07. The molecule has 104 valence electrons. The van der Waals surface area contributed by atoms with Gasteiger partial charge in [0.15, 0.2) is 0 Å². The van der Waals surface area contributed by atoms with Crippen molar-refractivity contribution in [2.24, 2.45) is 0 Å². The van der Waals surface area contributed by atoms with E-state index in [0.29, 0.717) is 0 Å². The van der Waals surface area contributed by atoms with Crippen LogP contribution in [0.4, 0.5) is 0 Å². The number of nitrogens with zero attached hydrogens (tertiary/aromatic N) is 2. The van der Waals surface area contributed by atoms with Gasteiger partial charge in [-0.2, -0.15) is 0 Å². The first-order valence-electron chi connectivity index (χ1n) is 7.14. The molecule has 3 rings (SSSR count). The summed E-state index contributed by atoms with van der Waals surface area (Å²) in [5, 5.41) is 3.43. The van der Waals surface area contributed by atoms with Gasteiger partial charge in [0.05, 0.1) is 17.6 Å². The van der Waals surface area contributed by atoms with Crippen LogP contribution in [0.25, 0.3) is 11.0 Å². The number of aromatic nitrogens is 3. The third-order valence-electron chi connectivity index (χ3n) is 3.35. The molecular weight excluding hydrogens is 248 g/mol. The van der Waals surface area contributed by atoms with Gasteiger partial charge in [-0.3, -0.25) is 0 Å². The normalized spacial score (nSPS) is 11.2. The van der Waals surface area contributed by atoms with E-state index in [1.54, 1.807) is 0 Å². The Bertz CT molecular complexity index is 647. The van der Waals surface area contributed by atoms with Crippen LogP contribution >= 0.6 is 0 Å². The van der Waals surface area contributed by atoms with Crippen LogP contribution < -0.4 is 5.32 Å². The average Bonchev–Trinajstić information content (AvgIpc) is 3.05. The first kappa shape index (κ1) is 12.9. The molecule has 0 atom stereocenters. The summed E-state index contributed by atoms with van der Waals surface area (Å²) in [5.74, 6) is 0.985. The number of aryl methyl sites for hydroxylation is 1. The van der Waals surface area contributed by atoms with E-state index in [1.807, 2.05) is 18.2 Å². The second-order valence-corrected chi connectivity index (χ2v) is 5.06. The zero-order chi connectivity index (χ0) is 13.8. The fraction of sp³-hybridized carbons (Fsp3) is 0.312. The molecule has 0 bridgehead atoms. The predicted molar refractivity (Wildman–Crippen MR) is 81.4 cm³/mol. The molecule has 0 spiro atoms. The second-order valence-electron chi connectivity index (χ2n) is 5.06. The molecule has 0 saturated carbocycles. The molecule has 3 aromatic rings. The first-order valence-corrected chi connectivity index (χ1v) is 7.14. The monoisotopic (exact) mass is 268 g/mol. The Labute approximate surface area is 118 Å². The van der Waals surface area contributed by atoms with E-state index in [2.05, 4.69) is 51.3 Å². The van der Waals surface area contributed by atoms with Crippen LogP contribution in [-0.4, -0.2) is 14.5 Å². The van der Waals surface area contributed by atoms with Gasteiger partial charge in [0.2, 0.25) is 0 Å². The minimum atomic E-state index is 0.758. The summed E-state index contributed by atoms with van der Waals surface area (Å²) in [6.07, 6.45) is 5.51. The zero-order valence-electron chi connectivity index (χ0n) is 11.8. The highest BCUT2D eigenvalue weighted by Crippen LogP contribution is 2.10. The third kappa shape index (κ3) is 2.91. The number of benzene rings is 1. The van der Waals surface area contributed by atoms with Crippen LogP contribution in [0, 0.1) is 0 Å². The van der Waals surface area contributed by atoms with Gasteiger partial charge in [-0.1, -0.05) is 19.1 Å². The molecule has 1 aromatic carbocycles. The van der Waals surface area contributed by atoms with Gasteiger partial charge in [0, 0.05) is 25.5 Å². The average molecular weight is 268 g/mol. The first-order chi connectivity index (χ1) is 9.85. The predicted octanol–water partition coefficient (Wildman–Crippen LogP) is 3.06. The lowest BCUT2D eigenvalue weighted by Crippen LogP contribution is -2.13. The van der Waals surface area contributed by atoms with Crippen molar-refractivity contribution >= 4 is 11.0 Å². The minimum absolute atomic E-state index is 0.758. The number of hydrogen-bond acceptors (Lipinski definition) is 2. The van der Waals surface area contributed by atoms with Gasteiger partial charge in [-0.15, -0.1) is 0 Å². The topological polar surface area (TPSA) is 45.6 Å². The molecule has 0 unspecified atom stereocenters. The van der Waals surface area contributed by atoms with Crippen molar-refractivity contribution in [3.63, 3.8) is 0 Å². The minimum Gasteiger partial charge on any atom is -0.354 e. The van der Waals surface area contributed by atoms with Crippen LogP contribution in [0.5, 0.6) is 0 Å². The van der Waals surface area contributed by atoms with Gasteiger partial charge in [0.25, 0.3) is 0 Å². The van der Waals surface area contributed by atoms with Crippen molar-refractivity contribution < 1.29 is 0 Å². The molecule has 2 aromatic heterocycles. The van der Waals surface area contributed by atoms with E-state index in [0.717, 1.165) is 36.5 Å². The SMILES string of the molecule is CCCn1ccc(CNCc2nc3ccccc3[nH]2)c1. The van der Waals surface area contributed by atoms with E-state index in [4.69, 9.17) is 0 Å². The van der Waals surface area contributed by atoms with Crippen molar-refractivity contribution in [3.8, 4) is 0 Å². The van der Waals surface area contributed by atoms with E-state index < -0.39 is 0 Å². The molecule has 2 N–H and O–H groups in total. The van der Waals surface area contributed by atoms with Crippen molar-refractivity contribution in [2.75, 3.05) is 0 Å². The molecule has 20 heavy (non-hydrogen) atoms. The Balaban J connectivity index is 1.56. The Morgan fingerprint density at radius 2 is 2.10 bits per heavy atom.